The summed E-state index contributed by atoms with van der Waals surface area (Å²) in [6, 6.07) is 6.79. The Hall–Kier alpha value is -1.02. The fourth-order valence-corrected chi connectivity index (χ4v) is 3.30. The van der Waals surface area contributed by atoms with Crippen LogP contribution in [0.4, 0.5) is 5.69 Å². The van der Waals surface area contributed by atoms with Crippen LogP contribution in [-0.4, -0.2) is 31.1 Å². The zero-order chi connectivity index (χ0) is 12.2. The lowest BCUT2D eigenvalue weighted by Crippen LogP contribution is -2.30. The highest BCUT2D eigenvalue weighted by Crippen LogP contribution is 2.27. The number of fused-ring (bicyclic) bond motifs is 1. The molecule has 0 amide bonds. The van der Waals surface area contributed by atoms with Crippen LogP contribution in [0.1, 0.15) is 36.8 Å². The van der Waals surface area contributed by atoms with Gasteiger partial charge in [0.1, 0.15) is 0 Å². The van der Waals surface area contributed by atoms with Gasteiger partial charge < -0.3 is 10.2 Å². The summed E-state index contributed by atoms with van der Waals surface area (Å²) >= 11 is 0. The van der Waals surface area contributed by atoms with Crippen LogP contribution in [-0.2, 0) is 12.8 Å². The van der Waals surface area contributed by atoms with Crippen molar-refractivity contribution in [1.82, 2.24) is 4.90 Å². The molecule has 2 nitrogen and oxygen atoms in total. The van der Waals surface area contributed by atoms with Gasteiger partial charge in [-0.25, -0.2) is 0 Å². The van der Waals surface area contributed by atoms with Gasteiger partial charge >= 0.3 is 0 Å². The molecule has 3 rings (SSSR count). The molecule has 2 aliphatic rings. The van der Waals surface area contributed by atoms with Gasteiger partial charge in [0, 0.05) is 12.2 Å². The third-order valence-electron chi connectivity index (χ3n) is 4.30. The molecule has 1 aromatic carbocycles. The molecule has 1 fully saturated rings. The van der Waals surface area contributed by atoms with E-state index in [0.29, 0.717) is 0 Å². The standard InChI is InChI=1S/C16H24N2/c1-2-11-18(12-3-1)13-5-8-14-6-4-7-15-9-10-17-16(14)15/h4,6-7,17H,1-3,5,8-13H2. The topological polar surface area (TPSA) is 15.3 Å². The van der Waals surface area contributed by atoms with Crippen molar-refractivity contribution >= 4 is 5.69 Å². The molecule has 2 heteroatoms. The Bertz CT molecular complexity index is 394. The predicted molar refractivity (Wildman–Crippen MR) is 77.2 cm³/mol. The van der Waals surface area contributed by atoms with E-state index in [1.54, 1.807) is 0 Å². The van der Waals surface area contributed by atoms with Crippen LogP contribution in [0.3, 0.4) is 0 Å². The van der Waals surface area contributed by atoms with Crippen molar-refractivity contribution in [3.63, 3.8) is 0 Å². The Morgan fingerprint density at radius 1 is 1.11 bits per heavy atom. The van der Waals surface area contributed by atoms with Crippen molar-refractivity contribution in [1.29, 1.82) is 0 Å². The van der Waals surface area contributed by atoms with E-state index in [-0.39, 0.29) is 0 Å². The maximum Gasteiger partial charge on any atom is 0.0406 e. The van der Waals surface area contributed by atoms with Gasteiger partial charge in [0.2, 0.25) is 0 Å². The Balaban J connectivity index is 1.52. The number of aryl methyl sites for hydroxylation is 1. The lowest BCUT2D eigenvalue weighted by Gasteiger charge is -2.26. The number of anilines is 1. The second kappa shape index (κ2) is 5.75. The zero-order valence-corrected chi connectivity index (χ0v) is 11.3. The number of piperidine rings is 1. The third kappa shape index (κ3) is 2.69. The number of hydrogen-bond acceptors (Lipinski definition) is 2. The largest absolute Gasteiger partial charge is 0.384 e. The number of likely N-dealkylation sites (tertiary alicyclic amines) is 1. The first-order valence-electron chi connectivity index (χ1n) is 7.50. The molecule has 0 spiro atoms. The molecule has 2 heterocycles. The second-order valence-corrected chi connectivity index (χ2v) is 5.63. The van der Waals surface area contributed by atoms with Crippen molar-refractivity contribution in [2.24, 2.45) is 0 Å². The van der Waals surface area contributed by atoms with Gasteiger partial charge in [0.15, 0.2) is 0 Å². The molecule has 1 aromatic rings. The highest BCUT2D eigenvalue weighted by Gasteiger charge is 2.14. The van der Waals surface area contributed by atoms with Crippen molar-refractivity contribution in [2.45, 2.75) is 38.5 Å². The number of benzene rings is 1. The van der Waals surface area contributed by atoms with Crippen LogP contribution in [0.2, 0.25) is 0 Å². The highest BCUT2D eigenvalue weighted by atomic mass is 15.1. The molecule has 1 saturated heterocycles. The summed E-state index contributed by atoms with van der Waals surface area (Å²) in [5.41, 5.74) is 4.49. The molecule has 0 bridgehead atoms. The van der Waals surface area contributed by atoms with Crippen molar-refractivity contribution in [2.75, 3.05) is 31.5 Å². The fraction of sp³-hybridized carbons (Fsp3) is 0.625. The van der Waals surface area contributed by atoms with Gasteiger partial charge in [-0.15, -0.1) is 0 Å². The molecule has 0 atom stereocenters. The molecule has 0 saturated carbocycles. The molecule has 0 aliphatic carbocycles. The second-order valence-electron chi connectivity index (χ2n) is 5.63. The van der Waals surface area contributed by atoms with Crippen LogP contribution < -0.4 is 5.32 Å². The maximum atomic E-state index is 3.54. The first-order valence-corrected chi connectivity index (χ1v) is 7.50. The minimum atomic E-state index is 1.12. The highest BCUT2D eigenvalue weighted by molar-refractivity contribution is 5.61. The number of nitrogens with one attached hydrogen (secondary N) is 1. The van der Waals surface area contributed by atoms with E-state index in [9.17, 15) is 0 Å². The molecular formula is C16H24N2. The molecule has 18 heavy (non-hydrogen) atoms. The lowest BCUT2D eigenvalue weighted by molar-refractivity contribution is 0.226. The number of rotatable bonds is 4. The summed E-state index contributed by atoms with van der Waals surface area (Å²) in [6.45, 7) is 5.05. The summed E-state index contributed by atoms with van der Waals surface area (Å²) in [6.07, 6.45) is 7.98. The van der Waals surface area contributed by atoms with Crippen LogP contribution in [0.25, 0.3) is 0 Å². The Morgan fingerprint density at radius 3 is 2.89 bits per heavy atom. The summed E-state index contributed by atoms with van der Waals surface area (Å²) < 4.78 is 0. The number of hydrogen-bond donors (Lipinski definition) is 1. The average Bonchev–Trinajstić information content (AvgIpc) is 2.89. The summed E-state index contributed by atoms with van der Waals surface area (Å²) in [5.74, 6) is 0. The smallest absolute Gasteiger partial charge is 0.0406 e. The van der Waals surface area contributed by atoms with Gasteiger partial charge in [0.25, 0.3) is 0 Å². The van der Waals surface area contributed by atoms with E-state index in [4.69, 9.17) is 0 Å². The van der Waals surface area contributed by atoms with Gasteiger partial charge in [-0.2, -0.15) is 0 Å². The minimum absolute atomic E-state index is 1.12. The third-order valence-corrected chi connectivity index (χ3v) is 4.30. The molecule has 0 radical (unpaired) electrons. The number of para-hydroxylation sites is 1. The first-order chi connectivity index (χ1) is 8.93. The maximum absolute atomic E-state index is 3.54. The van der Waals surface area contributed by atoms with Gasteiger partial charge in [-0.1, -0.05) is 24.6 Å². The van der Waals surface area contributed by atoms with Crippen LogP contribution in [0.15, 0.2) is 18.2 Å². The summed E-state index contributed by atoms with van der Waals surface area (Å²) in [7, 11) is 0. The normalized spacial score (nSPS) is 19.6. The van der Waals surface area contributed by atoms with Crippen molar-refractivity contribution in [3.05, 3.63) is 29.3 Å². The van der Waals surface area contributed by atoms with Gasteiger partial charge in [-0.05, 0) is 62.9 Å². The van der Waals surface area contributed by atoms with Crippen molar-refractivity contribution < 1.29 is 0 Å². The summed E-state index contributed by atoms with van der Waals surface area (Å²) in [5, 5.41) is 3.54. The predicted octanol–water partition coefficient (Wildman–Crippen LogP) is 3.07. The number of nitrogens with zero attached hydrogens (tertiary/aromatic N) is 1. The Morgan fingerprint density at radius 2 is 2.00 bits per heavy atom. The van der Waals surface area contributed by atoms with E-state index >= 15 is 0 Å². The fourth-order valence-electron chi connectivity index (χ4n) is 3.30. The van der Waals surface area contributed by atoms with Crippen LogP contribution in [0, 0.1) is 0 Å². The van der Waals surface area contributed by atoms with E-state index in [2.05, 4.69) is 28.4 Å². The molecule has 1 N–H and O–H groups in total. The van der Waals surface area contributed by atoms with E-state index in [0.717, 1.165) is 6.54 Å². The quantitative estimate of drug-likeness (QED) is 0.875. The Labute approximate surface area is 110 Å². The molecule has 2 aliphatic heterocycles. The SMILES string of the molecule is c1cc(CCCN2CCCCC2)c2c(c1)CCN2. The van der Waals surface area contributed by atoms with Crippen LogP contribution in [0.5, 0.6) is 0 Å². The van der Waals surface area contributed by atoms with Crippen molar-refractivity contribution in [3.8, 4) is 0 Å². The monoisotopic (exact) mass is 244 g/mol. The van der Waals surface area contributed by atoms with Gasteiger partial charge in [-0.3, -0.25) is 0 Å². The molecule has 98 valence electrons. The minimum Gasteiger partial charge on any atom is -0.384 e. The zero-order valence-electron chi connectivity index (χ0n) is 11.3. The Kier molecular flexibility index (Phi) is 3.84. The van der Waals surface area contributed by atoms with E-state index < -0.39 is 0 Å². The molecular weight excluding hydrogens is 220 g/mol. The van der Waals surface area contributed by atoms with Crippen LogP contribution >= 0.6 is 0 Å². The van der Waals surface area contributed by atoms with Gasteiger partial charge in [0.05, 0.1) is 0 Å². The van der Waals surface area contributed by atoms with E-state index in [1.165, 1.54) is 75.0 Å². The molecule has 0 aromatic heterocycles. The molecule has 0 unspecified atom stereocenters. The summed E-state index contributed by atoms with van der Waals surface area (Å²) in [4.78, 5) is 2.64. The van der Waals surface area contributed by atoms with E-state index in [1.807, 2.05) is 0 Å². The first kappa shape index (κ1) is 12.0. The average molecular weight is 244 g/mol. The lowest BCUT2D eigenvalue weighted by atomic mass is 10.0.